The van der Waals surface area contributed by atoms with Crippen LogP contribution >= 0.6 is 15.9 Å². The van der Waals surface area contributed by atoms with Gasteiger partial charge in [-0.1, -0.05) is 41.8 Å². The van der Waals surface area contributed by atoms with Crippen molar-refractivity contribution >= 4 is 15.9 Å². The average Bonchev–Trinajstić information content (AvgIpc) is 2.49. The van der Waals surface area contributed by atoms with Gasteiger partial charge in [0.1, 0.15) is 0 Å². The third-order valence-electron chi connectivity index (χ3n) is 4.36. The molecule has 21 heavy (non-hydrogen) atoms. The number of hydrogen-bond donors (Lipinski definition) is 0. The van der Waals surface area contributed by atoms with E-state index in [4.69, 9.17) is 9.47 Å². The van der Waals surface area contributed by atoms with E-state index in [-0.39, 0.29) is 0 Å². The molecule has 3 heteroatoms. The molecule has 1 unspecified atom stereocenters. The Bertz CT molecular complexity index is 439. The monoisotopic (exact) mass is 354 g/mol. The number of halogens is 1. The number of ether oxygens (including phenoxy) is 2. The van der Waals surface area contributed by atoms with Crippen LogP contribution in [0.25, 0.3) is 0 Å². The van der Waals surface area contributed by atoms with Crippen molar-refractivity contribution in [3.63, 3.8) is 0 Å². The summed E-state index contributed by atoms with van der Waals surface area (Å²) in [5.41, 5.74) is 1.31. The first-order valence-electron chi connectivity index (χ1n) is 8.19. The van der Waals surface area contributed by atoms with Gasteiger partial charge in [-0.2, -0.15) is 0 Å². The Kier molecular flexibility index (Phi) is 6.40. The van der Waals surface area contributed by atoms with Gasteiger partial charge in [-0.25, -0.2) is 0 Å². The third kappa shape index (κ3) is 4.38. The predicted molar refractivity (Wildman–Crippen MR) is 91.6 cm³/mol. The van der Waals surface area contributed by atoms with Gasteiger partial charge >= 0.3 is 0 Å². The first-order valence-corrected chi connectivity index (χ1v) is 9.10. The summed E-state index contributed by atoms with van der Waals surface area (Å²) in [6.45, 7) is 7.70. The lowest BCUT2D eigenvalue weighted by atomic mass is 9.80. The van der Waals surface area contributed by atoms with E-state index in [1.54, 1.807) is 0 Å². The zero-order valence-corrected chi connectivity index (χ0v) is 15.0. The fraction of sp³-hybridized carbons (Fsp3) is 0.667. The lowest BCUT2D eigenvalue weighted by Gasteiger charge is -2.30. The van der Waals surface area contributed by atoms with Gasteiger partial charge in [0.05, 0.1) is 13.2 Å². The zero-order chi connectivity index (χ0) is 15.2. The Morgan fingerprint density at radius 3 is 2.29 bits per heavy atom. The van der Waals surface area contributed by atoms with Crippen molar-refractivity contribution in [1.82, 2.24) is 0 Å². The van der Waals surface area contributed by atoms with Crippen molar-refractivity contribution in [2.24, 2.45) is 11.8 Å². The van der Waals surface area contributed by atoms with Crippen molar-refractivity contribution in [2.45, 2.75) is 51.3 Å². The van der Waals surface area contributed by atoms with Gasteiger partial charge in [-0.15, -0.1) is 0 Å². The molecular weight excluding hydrogens is 328 g/mol. The van der Waals surface area contributed by atoms with Gasteiger partial charge in [-0.05, 0) is 56.2 Å². The van der Waals surface area contributed by atoms with Crippen LogP contribution in [0.15, 0.2) is 18.2 Å². The van der Waals surface area contributed by atoms with Crippen molar-refractivity contribution in [3.05, 3.63) is 23.8 Å². The third-order valence-corrected chi connectivity index (χ3v) is 5.64. The largest absolute Gasteiger partial charge is 0.490 e. The fourth-order valence-corrected chi connectivity index (χ4v) is 3.90. The Morgan fingerprint density at radius 1 is 1.05 bits per heavy atom. The minimum absolute atomic E-state index is 0.417. The van der Waals surface area contributed by atoms with E-state index in [9.17, 15) is 0 Å². The van der Waals surface area contributed by atoms with Gasteiger partial charge in [-0.3, -0.25) is 0 Å². The van der Waals surface area contributed by atoms with E-state index in [1.165, 1.54) is 31.2 Å². The molecule has 2 nitrogen and oxygen atoms in total. The van der Waals surface area contributed by atoms with E-state index in [1.807, 2.05) is 19.9 Å². The lowest BCUT2D eigenvalue weighted by Crippen LogP contribution is -2.16. The quantitative estimate of drug-likeness (QED) is 0.605. The molecule has 0 N–H and O–H groups in total. The molecule has 0 amide bonds. The molecular formula is C18H27BrO2. The Labute approximate surface area is 137 Å². The second-order valence-corrected chi connectivity index (χ2v) is 6.98. The maximum Gasteiger partial charge on any atom is 0.161 e. The first kappa shape index (κ1) is 16.7. The van der Waals surface area contributed by atoms with Gasteiger partial charge < -0.3 is 9.47 Å². The second-order valence-electron chi connectivity index (χ2n) is 5.99. The molecule has 1 aliphatic carbocycles. The van der Waals surface area contributed by atoms with Crippen LogP contribution in [0.4, 0.5) is 0 Å². The molecule has 0 heterocycles. The summed E-state index contributed by atoms with van der Waals surface area (Å²) in [7, 11) is 0. The molecule has 0 aliphatic heterocycles. The molecule has 1 saturated carbocycles. The summed E-state index contributed by atoms with van der Waals surface area (Å²) >= 11 is 3.92. The van der Waals surface area contributed by atoms with E-state index >= 15 is 0 Å². The second kappa shape index (κ2) is 8.07. The van der Waals surface area contributed by atoms with E-state index in [2.05, 4.69) is 35.0 Å². The highest BCUT2D eigenvalue weighted by molar-refractivity contribution is 9.09. The first-order chi connectivity index (χ1) is 10.2. The summed E-state index contributed by atoms with van der Waals surface area (Å²) in [4.78, 5) is 0.417. The van der Waals surface area contributed by atoms with Crippen LogP contribution in [0.1, 0.15) is 56.8 Å². The predicted octanol–water partition coefficient (Wildman–Crippen LogP) is 5.75. The molecule has 1 fully saturated rings. The Balaban J connectivity index is 2.13. The van der Waals surface area contributed by atoms with E-state index < -0.39 is 0 Å². The highest BCUT2D eigenvalue weighted by Crippen LogP contribution is 2.43. The number of alkyl halides is 1. The van der Waals surface area contributed by atoms with Crippen molar-refractivity contribution < 1.29 is 9.47 Å². The molecule has 0 bridgehead atoms. The van der Waals surface area contributed by atoms with Crippen molar-refractivity contribution in [1.29, 1.82) is 0 Å². The van der Waals surface area contributed by atoms with Crippen LogP contribution < -0.4 is 9.47 Å². The van der Waals surface area contributed by atoms with Crippen LogP contribution in [0, 0.1) is 11.8 Å². The van der Waals surface area contributed by atoms with Crippen LogP contribution in [0.3, 0.4) is 0 Å². The zero-order valence-electron chi connectivity index (χ0n) is 13.4. The number of rotatable bonds is 6. The average molecular weight is 355 g/mol. The molecule has 2 rings (SSSR count). The normalized spacial score (nSPS) is 23.6. The summed E-state index contributed by atoms with van der Waals surface area (Å²) in [5, 5.41) is 0. The molecule has 1 aromatic carbocycles. The molecule has 0 radical (unpaired) electrons. The van der Waals surface area contributed by atoms with Crippen molar-refractivity contribution in [3.8, 4) is 11.5 Å². The van der Waals surface area contributed by atoms with Gasteiger partial charge in [0, 0.05) is 4.83 Å². The van der Waals surface area contributed by atoms with Gasteiger partial charge in [0.2, 0.25) is 0 Å². The van der Waals surface area contributed by atoms with Crippen LogP contribution in [0.2, 0.25) is 0 Å². The topological polar surface area (TPSA) is 18.5 Å². The van der Waals surface area contributed by atoms with E-state index in [0.29, 0.717) is 18.0 Å². The lowest BCUT2D eigenvalue weighted by molar-refractivity contribution is 0.282. The highest BCUT2D eigenvalue weighted by Gasteiger charge is 2.26. The van der Waals surface area contributed by atoms with Crippen LogP contribution in [-0.2, 0) is 0 Å². The smallest absolute Gasteiger partial charge is 0.161 e. The number of benzene rings is 1. The molecule has 1 atom stereocenters. The molecule has 118 valence electrons. The minimum Gasteiger partial charge on any atom is -0.490 e. The van der Waals surface area contributed by atoms with Gasteiger partial charge in [0.15, 0.2) is 11.5 Å². The molecule has 0 spiro atoms. The summed E-state index contributed by atoms with van der Waals surface area (Å²) in [6.07, 6.45) is 5.33. The summed E-state index contributed by atoms with van der Waals surface area (Å²) < 4.78 is 11.4. The molecule has 1 aromatic rings. The summed E-state index contributed by atoms with van der Waals surface area (Å²) in [6, 6.07) is 6.36. The highest BCUT2D eigenvalue weighted by atomic mass is 79.9. The van der Waals surface area contributed by atoms with Crippen LogP contribution in [0.5, 0.6) is 11.5 Å². The molecule has 1 aliphatic rings. The maximum absolute atomic E-state index is 5.74. The fourth-order valence-electron chi connectivity index (χ4n) is 3.09. The Hall–Kier alpha value is -0.700. The minimum atomic E-state index is 0.417. The molecule has 0 aromatic heterocycles. The standard InChI is InChI=1S/C18H27BrO2/c1-4-20-16-11-10-15(12-17(16)21-5-2)18(19)14-8-6-13(3)7-9-14/h10-14,18H,4-9H2,1-3H3. The maximum atomic E-state index is 5.74. The molecule has 0 saturated heterocycles. The summed E-state index contributed by atoms with van der Waals surface area (Å²) in [5.74, 6) is 3.33. The van der Waals surface area contributed by atoms with Crippen molar-refractivity contribution in [2.75, 3.05) is 13.2 Å². The number of hydrogen-bond acceptors (Lipinski definition) is 2. The Morgan fingerprint density at radius 2 is 1.67 bits per heavy atom. The SMILES string of the molecule is CCOc1ccc(C(Br)C2CCC(C)CC2)cc1OCC. The van der Waals surface area contributed by atoms with Gasteiger partial charge in [0.25, 0.3) is 0 Å². The van der Waals surface area contributed by atoms with Crippen LogP contribution in [-0.4, -0.2) is 13.2 Å². The van der Waals surface area contributed by atoms with E-state index in [0.717, 1.165) is 23.3 Å².